The van der Waals surface area contributed by atoms with Crippen LogP contribution in [-0.2, 0) is 16.0 Å². The van der Waals surface area contributed by atoms with Crippen LogP contribution in [0, 0.1) is 0 Å². The van der Waals surface area contributed by atoms with E-state index < -0.39 is 0 Å². The molecule has 0 bridgehead atoms. The number of rotatable bonds is 9. The van der Waals surface area contributed by atoms with E-state index in [1.807, 2.05) is 25.3 Å². The van der Waals surface area contributed by atoms with Gasteiger partial charge in [0.05, 0.1) is 6.10 Å². The Hall–Kier alpha value is -2.37. The fourth-order valence-corrected chi connectivity index (χ4v) is 5.22. The van der Waals surface area contributed by atoms with Crippen LogP contribution in [0.3, 0.4) is 0 Å². The minimum atomic E-state index is 0.104. The maximum Gasteiger partial charge on any atom is 0.224 e. The van der Waals surface area contributed by atoms with Crippen molar-refractivity contribution in [3.63, 3.8) is 0 Å². The van der Waals surface area contributed by atoms with E-state index in [0.29, 0.717) is 18.6 Å². The molecule has 178 valence electrons. The van der Waals surface area contributed by atoms with Crippen molar-refractivity contribution in [3.05, 3.63) is 60.2 Å². The van der Waals surface area contributed by atoms with Crippen molar-refractivity contribution < 1.29 is 9.53 Å². The first-order chi connectivity index (χ1) is 16.2. The highest BCUT2D eigenvalue weighted by Crippen LogP contribution is 2.26. The maximum atomic E-state index is 12.3. The van der Waals surface area contributed by atoms with E-state index in [9.17, 15) is 4.79 Å². The Morgan fingerprint density at radius 2 is 1.73 bits per heavy atom. The van der Waals surface area contributed by atoms with E-state index in [2.05, 4.69) is 51.5 Å². The number of hydrogen-bond acceptors (Lipinski definition) is 4. The van der Waals surface area contributed by atoms with Gasteiger partial charge in [0.2, 0.25) is 5.91 Å². The number of benzene rings is 2. The first-order valence-corrected chi connectivity index (χ1v) is 12.7. The molecule has 1 N–H and O–H groups in total. The van der Waals surface area contributed by atoms with Crippen LogP contribution >= 0.6 is 0 Å². The zero-order valence-corrected chi connectivity index (χ0v) is 20.0. The molecule has 0 spiro atoms. The molecule has 5 nitrogen and oxygen atoms in total. The third-order valence-electron chi connectivity index (χ3n) is 7.20. The van der Waals surface area contributed by atoms with E-state index in [0.717, 1.165) is 44.6 Å². The monoisotopic (exact) mass is 449 g/mol. The summed E-state index contributed by atoms with van der Waals surface area (Å²) in [6, 6.07) is 19.5. The number of amides is 1. The van der Waals surface area contributed by atoms with Crippen molar-refractivity contribution >= 4 is 17.3 Å². The van der Waals surface area contributed by atoms with Gasteiger partial charge >= 0.3 is 0 Å². The second-order valence-electron chi connectivity index (χ2n) is 9.50. The predicted octanol–water partition coefficient (Wildman–Crippen LogP) is 5.12. The molecule has 0 saturated carbocycles. The van der Waals surface area contributed by atoms with Crippen LogP contribution in [0.25, 0.3) is 0 Å². The van der Waals surface area contributed by atoms with Gasteiger partial charge in [-0.1, -0.05) is 30.3 Å². The summed E-state index contributed by atoms with van der Waals surface area (Å²) in [4.78, 5) is 17.4. The molecule has 1 atom stereocenters. The highest BCUT2D eigenvalue weighted by Gasteiger charge is 2.28. The smallest absolute Gasteiger partial charge is 0.224 e. The summed E-state index contributed by atoms with van der Waals surface area (Å²) in [5.74, 6) is 0.104. The van der Waals surface area contributed by atoms with Gasteiger partial charge in [-0.25, -0.2) is 0 Å². The highest BCUT2D eigenvalue weighted by molar-refractivity contribution is 5.90. The van der Waals surface area contributed by atoms with Gasteiger partial charge in [-0.3, -0.25) is 9.69 Å². The van der Waals surface area contributed by atoms with Gasteiger partial charge in [-0.05, 0) is 81.3 Å². The van der Waals surface area contributed by atoms with E-state index in [1.54, 1.807) is 0 Å². The molecule has 1 amide bonds. The van der Waals surface area contributed by atoms with Crippen LogP contribution in [0.15, 0.2) is 54.6 Å². The summed E-state index contributed by atoms with van der Waals surface area (Å²) < 4.78 is 5.60. The first-order valence-electron chi connectivity index (χ1n) is 12.7. The maximum absolute atomic E-state index is 12.3. The van der Waals surface area contributed by atoms with Crippen molar-refractivity contribution in [3.8, 4) is 0 Å². The van der Waals surface area contributed by atoms with Gasteiger partial charge in [0.25, 0.3) is 0 Å². The molecular formula is C28H39N3O2. The predicted molar refractivity (Wildman–Crippen MR) is 136 cm³/mol. The van der Waals surface area contributed by atoms with Crippen LogP contribution in [0.2, 0.25) is 0 Å². The number of nitrogens with zero attached hydrogens (tertiary/aromatic N) is 2. The fraction of sp³-hybridized carbons (Fsp3) is 0.536. The molecule has 2 aliphatic heterocycles. The third kappa shape index (κ3) is 7.05. The van der Waals surface area contributed by atoms with Crippen LogP contribution in [0.4, 0.5) is 11.4 Å². The van der Waals surface area contributed by atoms with E-state index in [-0.39, 0.29) is 5.91 Å². The number of carbonyl (C=O) groups is 1. The molecule has 0 aliphatic carbocycles. The lowest BCUT2D eigenvalue weighted by atomic mass is 9.98. The van der Waals surface area contributed by atoms with Gasteiger partial charge in [-0.15, -0.1) is 0 Å². The quantitative estimate of drug-likeness (QED) is 0.540. The Bertz CT molecular complexity index is 847. The Morgan fingerprint density at radius 1 is 0.970 bits per heavy atom. The van der Waals surface area contributed by atoms with Crippen molar-refractivity contribution in [1.82, 2.24) is 4.90 Å². The Balaban J connectivity index is 1.17. The van der Waals surface area contributed by atoms with E-state index in [1.165, 1.54) is 43.5 Å². The number of aryl methyl sites for hydroxylation is 1. The van der Waals surface area contributed by atoms with Gasteiger partial charge in [0, 0.05) is 50.6 Å². The molecule has 2 fully saturated rings. The Morgan fingerprint density at radius 3 is 2.45 bits per heavy atom. The number of ether oxygens (including phenoxy) is 1. The van der Waals surface area contributed by atoms with Crippen LogP contribution in [-0.4, -0.2) is 56.2 Å². The van der Waals surface area contributed by atoms with E-state index in [4.69, 9.17) is 4.74 Å². The second kappa shape index (κ2) is 12.2. The van der Waals surface area contributed by atoms with Crippen LogP contribution < -0.4 is 10.2 Å². The van der Waals surface area contributed by atoms with Gasteiger partial charge < -0.3 is 15.0 Å². The number of carbonyl (C=O) groups excluding carboxylic acids is 1. The molecule has 4 rings (SSSR count). The summed E-state index contributed by atoms with van der Waals surface area (Å²) in [7, 11) is 1.84. The fourth-order valence-electron chi connectivity index (χ4n) is 5.22. The average molecular weight is 450 g/mol. The lowest BCUT2D eigenvalue weighted by molar-refractivity contribution is -0.116. The number of likely N-dealkylation sites (tertiary alicyclic amines) is 1. The number of nitrogens with one attached hydrogen (secondary N) is 1. The third-order valence-corrected chi connectivity index (χ3v) is 7.20. The zero-order valence-electron chi connectivity index (χ0n) is 20.0. The lowest BCUT2D eigenvalue weighted by Crippen LogP contribution is -2.50. The molecule has 2 aromatic rings. The number of hydrogen-bond donors (Lipinski definition) is 1. The Labute approximate surface area is 199 Å². The van der Waals surface area contributed by atoms with Gasteiger partial charge in [0.1, 0.15) is 0 Å². The molecule has 5 heteroatoms. The summed E-state index contributed by atoms with van der Waals surface area (Å²) >= 11 is 0. The number of unbranched alkanes of at least 4 members (excludes halogenated alkanes) is 1. The van der Waals surface area contributed by atoms with Crippen molar-refractivity contribution in [2.24, 2.45) is 0 Å². The summed E-state index contributed by atoms with van der Waals surface area (Å²) in [5, 5.41) is 3.05. The molecule has 2 aliphatic rings. The molecule has 2 saturated heterocycles. The molecule has 0 radical (unpaired) electrons. The van der Waals surface area contributed by atoms with E-state index >= 15 is 0 Å². The first kappa shape index (κ1) is 23.8. The van der Waals surface area contributed by atoms with Crippen molar-refractivity contribution in [2.45, 2.75) is 63.5 Å². The summed E-state index contributed by atoms with van der Waals surface area (Å²) in [6.45, 7) is 4.48. The minimum absolute atomic E-state index is 0.104. The minimum Gasteiger partial charge on any atom is -0.380 e. The molecular weight excluding hydrogens is 410 g/mol. The average Bonchev–Trinajstić information content (AvgIpc) is 2.88. The lowest BCUT2D eigenvalue weighted by Gasteiger charge is -2.42. The van der Waals surface area contributed by atoms with Crippen molar-refractivity contribution in [1.29, 1.82) is 0 Å². The normalized spacial score (nSPS) is 20.0. The number of anilines is 2. The molecule has 0 aromatic heterocycles. The summed E-state index contributed by atoms with van der Waals surface area (Å²) in [5.41, 5.74) is 3.48. The molecule has 2 aromatic carbocycles. The molecule has 33 heavy (non-hydrogen) atoms. The highest BCUT2D eigenvalue weighted by atomic mass is 16.5. The second-order valence-corrected chi connectivity index (χ2v) is 9.50. The van der Waals surface area contributed by atoms with Gasteiger partial charge in [0.15, 0.2) is 0 Å². The standard InChI is InChI=1S/C28H39N3O2/c1-33-27-11-7-19-31(22-27)26-17-20-30(21-18-26)25-15-13-24(14-16-25)29-28(32)12-6-5-10-23-8-3-2-4-9-23/h2-4,8-9,13-16,26-27H,5-7,10-12,17-22H2,1H3,(H,29,32)/t27-/m0/s1. The number of methoxy groups -OCH3 is 1. The molecule has 2 heterocycles. The SMILES string of the molecule is CO[C@H]1CCCN(C2CCN(c3ccc(NC(=O)CCCCc4ccccc4)cc3)CC2)C1. The Kier molecular flexibility index (Phi) is 8.79. The van der Waals surface area contributed by atoms with Crippen LogP contribution in [0.1, 0.15) is 50.5 Å². The van der Waals surface area contributed by atoms with Crippen LogP contribution in [0.5, 0.6) is 0 Å². The van der Waals surface area contributed by atoms with Gasteiger partial charge in [-0.2, -0.15) is 0 Å². The zero-order chi connectivity index (χ0) is 22.9. The van der Waals surface area contributed by atoms with Crippen molar-refractivity contribution in [2.75, 3.05) is 43.5 Å². The number of piperidine rings is 2. The molecule has 0 unspecified atom stereocenters. The largest absolute Gasteiger partial charge is 0.380 e. The topological polar surface area (TPSA) is 44.8 Å². The summed E-state index contributed by atoms with van der Waals surface area (Å²) in [6.07, 6.45) is 8.82.